The van der Waals surface area contributed by atoms with Crippen molar-refractivity contribution >= 4 is 5.97 Å². The molecule has 6 heteroatoms. The van der Waals surface area contributed by atoms with Crippen molar-refractivity contribution in [3.63, 3.8) is 0 Å². The highest BCUT2D eigenvalue weighted by Gasteiger charge is 2.67. The van der Waals surface area contributed by atoms with Gasteiger partial charge in [0.05, 0.1) is 0 Å². The van der Waals surface area contributed by atoms with E-state index in [2.05, 4.69) is 24.1 Å². The molecule has 0 aromatic carbocycles. The van der Waals surface area contributed by atoms with Crippen LogP contribution in [0.25, 0.3) is 0 Å². The fourth-order valence-electron chi connectivity index (χ4n) is 6.09. The Morgan fingerprint density at radius 2 is 2.23 bits per heavy atom. The van der Waals surface area contributed by atoms with Gasteiger partial charge in [0.15, 0.2) is 0 Å². The highest BCUT2D eigenvalue weighted by atomic mass is 16.5. The number of carboxylic acid groups (broad SMARTS) is 1. The van der Waals surface area contributed by atoms with E-state index >= 15 is 0 Å². The van der Waals surface area contributed by atoms with Crippen LogP contribution in [0.3, 0.4) is 0 Å². The van der Waals surface area contributed by atoms with Crippen LogP contribution in [0.5, 0.6) is 0 Å². The van der Waals surface area contributed by atoms with Crippen molar-refractivity contribution in [2.75, 3.05) is 13.6 Å². The monoisotopic (exact) mass is 359 g/mol. The van der Waals surface area contributed by atoms with E-state index in [1.807, 2.05) is 6.08 Å². The smallest absolute Gasteiger partial charge is 0.303 e. The zero-order valence-electron chi connectivity index (χ0n) is 14.9. The molecule has 0 radical (unpaired) electrons. The molecule has 2 aliphatic heterocycles. The topological polar surface area (TPSA) is 90.2 Å². The third-order valence-electron chi connectivity index (χ3n) is 7.34. The predicted molar refractivity (Wildman–Crippen MR) is 93.1 cm³/mol. The highest BCUT2D eigenvalue weighted by Crippen LogP contribution is 2.66. The number of piperidine rings is 1. The molecule has 1 saturated heterocycles. The van der Waals surface area contributed by atoms with Crippen LogP contribution in [0.4, 0.5) is 0 Å². The quantitative estimate of drug-likeness (QED) is 0.656. The van der Waals surface area contributed by atoms with Gasteiger partial charge >= 0.3 is 5.97 Å². The van der Waals surface area contributed by atoms with Gasteiger partial charge in [-0.1, -0.05) is 18.2 Å². The van der Waals surface area contributed by atoms with Crippen LogP contribution >= 0.6 is 0 Å². The zero-order chi connectivity index (χ0) is 18.3. The Hall–Kier alpha value is -1.63. The van der Waals surface area contributed by atoms with Crippen molar-refractivity contribution in [1.82, 2.24) is 4.90 Å². The number of carboxylic acids is 1. The molecule has 0 aromatic heterocycles. The SMILES string of the molecule is CN1CC[C@]23C4=C5O[C@H]2[C@@H](O)C=C[C@H]3[C@H]1CC4=CCC5(O)CCC(=O)O. The number of hydrogen-bond acceptors (Lipinski definition) is 5. The third kappa shape index (κ3) is 1.90. The molecular weight excluding hydrogens is 334 g/mol. The number of ether oxygens (including phenoxy) is 1. The molecule has 3 N–H and O–H groups in total. The molecule has 1 spiro atoms. The first kappa shape index (κ1) is 16.5. The molecule has 5 aliphatic rings. The van der Waals surface area contributed by atoms with E-state index in [-0.39, 0.29) is 24.2 Å². The molecule has 0 aromatic rings. The Labute approximate surface area is 152 Å². The molecule has 3 aliphatic carbocycles. The maximum absolute atomic E-state index is 11.3. The first-order valence-electron chi connectivity index (χ1n) is 9.49. The summed E-state index contributed by atoms with van der Waals surface area (Å²) in [7, 11) is 2.16. The lowest BCUT2D eigenvalue weighted by molar-refractivity contribution is -0.139. The summed E-state index contributed by atoms with van der Waals surface area (Å²) in [5, 5.41) is 31.0. The molecule has 1 saturated carbocycles. The minimum atomic E-state index is -1.29. The van der Waals surface area contributed by atoms with Crippen molar-refractivity contribution in [2.24, 2.45) is 11.3 Å². The summed E-state index contributed by atoms with van der Waals surface area (Å²) in [4.78, 5) is 13.5. The van der Waals surface area contributed by atoms with Gasteiger partial charge in [-0.3, -0.25) is 4.79 Å². The molecule has 6 atom stereocenters. The lowest BCUT2D eigenvalue weighted by Gasteiger charge is -2.58. The maximum Gasteiger partial charge on any atom is 0.303 e. The molecule has 2 heterocycles. The van der Waals surface area contributed by atoms with E-state index in [0.717, 1.165) is 25.0 Å². The summed E-state index contributed by atoms with van der Waals surface area (Å²) in [6, 6.07) is 0.373. The van der Waals surface area contributed by atoms with Crippen molar-refractivity contribution in [3.8, 4) is 0 Å². The highest BCUT2D eigenvalue weighted by molar-refractivity contribution is 5.67. The second kappa shape index (κ2) is 5.21. The maximum atomic E-state index is 11.3. The van der Waals surface area contributed by atoms with Gasteiger partial charge in [-0.25, -0.2) is 0 Å². The van der Waals surface area contributed by atoms with Crippen LogP contribution in [-0.4, -0.2) is 63.6 Å². The lowest BCUT2D eigenvalue weighted by atomic mass is 9.51. The molecule has 140 valence electrons. The second-order valence-corrected chi connectivity index (χ2v) is 8.55. The number of hydrogen-bond donors (Lipinski definition) is 3. The Kier molecular flexibility index (Phi) is 3.31. The Balaban J connectivity index is 1.65. The van der Waals surface area contributed by atoms with Crippen LogP contribution in [0.2, 0.25) is 0 Å². The molecule has 1 unspecified atom stereocenters. The Morgan fingerprint density at radius 1 is 1.42 bits per heavy atom. The normalized spacial score (nSPS) is 45.9. The van der Waals surface area contributed by atoms with Crippen molar-refractivity contribution in [3.05, 3.63) is 35.1 Å². The zero-order valence-corrected chi connectivity index (χ0v) is 14.9. The first-order valence-corrected chi connectivity index (χ1v) is 9.49. The molecular formula is C20H25NO5. The average molecular weight is 359 g/mol. The standard InChI is InChI=1S/C20H25NO5/c1-21-9-8-20-12-2-3-14(22)17(20)26-18-16(20)11(10-13(12)21)4-6-19(18,25)7-5-15(23)24/h2-4,12-14,17,22,25H,5-10H2,1H3,(H,23,24)/t12-,13+,14-,17-,19?,20-/m0/s1. The van der Waals surface area contributed by atoms with Gasteiger partial charge in [-0.15, -0.1) is 0 Å². The van der Waals surface area contributed by atoms with E-state index in [9.17, 15) is 15.0 Å². The first-order chi connectivity index (χ1) is 12.4. The van der Waals surface area contributed by atoms with Crippen molar-refractivity contribution < 1.29 is 24.9 Å². The van der Waals surface area contributed by atoms with Gasteiger partial charge < -0.3 is 25.0 Å². The molecule has 6 nitrogen and oxygen atoms in total. The van der Waals surface area contributed by atoms with E-state index in [0.29, 0.717) is 18.2 Å². The number of aliphatic carboxylic acids is 1. The van der Waals surface area contributed by atoms with Gasteiger partial charge in [-0.2, -0.15) is 0 Å². The van der Waals surface area contributed by atoms with Crippen LogP contribution in [-0.2, 0) is 9.53 Å². The molecule has 0 amide bonds. The fraction of sp³-hybridized carbons (Fsp3) is 0.650. The summed E-state index contributed by atoms with van der Waals surface area (Å²) >= 11 is 0. The Bertz CT molecular complexity index is 770. The number of carbonyl (C=O) groups is 1. The van der Waals surface area contributed by atoms with Crippen LogP contribution in [0.1, 0.15) is 32.1 Å². The van der Waals surface area contributed by atoms with E-state index in [4.69, 9.17) is 9.84 Å². The fourth-order valence-corrected chi connectivity index (χ4v) is 6.09. The van der Waals surface area contributed by atoms with Gasteiger partial charge in [0, 0.05) is 35.8 Å². The van der Waals surface area contributed by atoms with Gasteiger partial charge in [0.2, 0.25) is 0 Å². The van der Waals surface area contributed by atoms with Crippen molar-refractivity contribution in [2.45, 2.75) is 56.0 Å². The molecule has 26 heavy (non-hydrogen) atoms. The molecule has 2 fully saturated rings. The second-order valence-electron chi connectivity index (χ2n) is 8.55. The largest absolute Gasteiger partial charge is 0.487 e. The predicted octanol–water partition coefficient (Wildman–Crippen LogP) is 1.21. The summed E-state index contributed by atoms with van der Waals surface area (Å²) < 4.78 is 6.30. The lowest BCUT2D eigenvalue weighted by Crippen LogP contribution is -2.62. The minimum absolute atomic E-state index is 0.104. The summed E-state index contributed by atoms with van der Waals surface area (Å²) in [6.07, 6.45) is 7.16. The number of rotatable bonds is 3. The minimum Gasteiger partial charge on any atom is -0.487 e. The average Bonchev–Trinajstić information content (AvgIpc) is 2.96. The van der Waals surface area contributed by atoms with Crippen LogP contribution < -0.4 is 0 Å². The van der Waals surface area contributed by atoms with E-state index < -0.39 is 23.8 Å². The Morgan fingerprint density at radius 3 is 3.00 bits per heavy atom. The number of aliphatic hydroxyl groups is 2. The number of aliphatic hydroxyl groups excluding tert-OH is 1. The van der Waals surface area contributed by atoms with Gasteiger partial charge in [-0.05, 0) is 38.4 Å². The van der Waals surface area contributed by atoms with E-state index in [1.165, 1.54) is 5.57 Å². The van der Waals surface area contributed by atoms with Crippen LogP contribution in [0, 0.1) is 11.3 Å². The molecule has 2 bridgehead atoms. The summed E-state index contributed by atoms with van der Waals surface area (Å²) in [5.41, 5.74) is 0.698. The summed E-state index contributed by atoms with van der Waals surface area (Å²) in [6.45, 7) is 0.930. The van der Waals surface area contributed by atoms with Crippen molar-refractivity contribution in [1.29, 1.82) is 0 Å². The number of nitrogens with zero attached hydrogens (tertiary/aromatic N) is 1. The van der Waals surface area contributed by atoms with Gasteiger partial charge in [0.1, 0.15) is 23.6 Å². The van der Waals surface area contributed by atoms with Crippen LogP contribution in [0.15, 0.2) is 35.1 Å². The number of likely N-dealkylation sites (tertiary alicyclic amines) is 1. The van der Waals surface area contributed by atoms with E-state index in [1.54, 1.807) is 0 Å². The van der Waals surface area contributed by atoms with Gasteiger partial charge in [0.25, 0.3) is 0 Å². The third-order valence-corrected chi connectivity index (χ3v) is 7.34. The summed E-state index contributed by atoms with van der Waals surface area (Å²) in [5.74, 6) is -0.131. The molecule has 5 rings (SSSR count).